The summed E-state index contributed by atoms with van der Waals surface area (Å²) in [5.74, 6) is 0.809. The Kier molecular flexibility index (Phi) is 3.65. The number of morpholine rings is 1. The molecule has 23 heavy (non-hydrogen) atoms. The molecule has 0 radical (unpaired) electrons. The van der Waals surface area contributed by atoms with Crippen LogP contribution in [0.1, 0.15) is 29.8 Å². The van der Waals surface area contributed by atoms with E-state index in [1.807, 2.05) is 35.2 Å². The number of ether oxygens (including phenoxy) is 2. The number of rotatable bonds is 2. The number of hydrogen-bond donors (Lipinski definition) is 0. The molecule has 120 valence electrons. The Morgan fingerprint density at radius 1 is 1.30 bits per heavy atom. The number of nitrogens with zero attached hydrogens (tertiary/aromatic N) is 2. The molecule has 1 aromatic carbocycles. The lowest BCUT2D eigenvalue weighted by Gasteiger charge is -2.37. The lowest BCUT2D eigenvalue weighted by molar-refractivity contribution is -0.0447. The number of aromatic nitrogens is 1. The SMILES string of the molecule is COc1ccc2nc(C(=O)N3CCO[C@H]4CCC[C@H]43)ccc2c1. The van der Waals surface area contributed by atoms with Gasteiger partial charge in [-0.25, -0.2) is 4.98 Å². The normalized spacial score (nSPS) is 23.8. The van der Waals surface area contributed by atoms with Gasteiger partial charge in [-0.1, -0.05) is 6.07 Å². The standard InChI is InChI=1S/C18H20N2O3/c1-22-13-6-8-14-12(11-13)5-7-15(19-14)18(21)20-9-10-23-17-4-2-3-16(17)20/h5-8,11,16-17H,2-4,9-10H2,1H3/t16-,17+/m1/s1. The van der Waals surface area contributed by atoms with E-state index in [1.165, 1.54) is 0 Å². The molecule has 2 fully saturated rings. The van der Waals surface area contributed by atoms with Gasteiger partial charge in [-0.3, -0.25) is 4.79 Å². The molecule has 5 nitrogen and oxygen atoms in total. The summed E-state index contributed by atoms with van der Waals surface area (Å²) >= 11 is 0. The maximum atomic E-state index is 12.9. The summed E-state index contributed by atoms with van der Waals surface area (Å²) in [6.07, 6.45) is 3.42. The van der Waals surface area contributed by atoms with Gasteiger partial charge in [-0.05, 0) is 43.5 Å². The first-order valence-corrected chi connectivity index (χ1v) is 8.13. The Morgan fingerprint density at radius 2 is 2.22 bits per heavy atom. The van der Waals surface area contributed by atoms with Crippen molar-refractivity contribution < 1.29 is 14.3 Å². The zero-order valence-electron chi connectivity index (χ0n) is 13.2. The summed E-state index contributed by atoms with van der Waals surface area (Å²) in [5.41, 5.74) is 1.32. The molecule has 2 atom stereocenters. The van der Waals surface area contributed by atoms with Crippen molar-refractivity contribution >= 4 is 16.8 Å². The molecule has 4 rings (SSSR count). The van der Waals surface area contributed by atoms with Crippen molar-refractivity contribution in [1.82, 2.24) is 9.88 Å². The second kappa shape index (κ2) is 5.81. The summed E-state index contributed by atoms with van der Waals surface area (Å²) in [5, 5.41) is 0.974. The number of carbonyl (C=O) groups is 1. The van der Waals surface area contributed by atoms with Crippen molar-refractivity contribution in [2.75, 3.05) is 20.3 Å². The van der Waals surface area contributed by atoms with Crippen LogP contribution in [0.3, 0.4) is 0 Å². The van der Waals surface area contributed by atoms with Gasteiger partial charge in [0.25, 0.3) is 5.91 Å². The molecule has 1 saturated heterocycles. The molecule has 0 N–H and O–H groups in total. The zero-order chi connectivity index (χ0) is 15.8. The largest absolute Gasteiger partial charge is 0.497 e. The fourth-order valence-electron chi connectivity index (χ4n) is 3.67. The molecular weight excluding hydrogens is 292 g/mol. The molecule has 2 aliphatic rings. The monoisotopic (exact) mass is 312 g/mol. The second-order valence-electron chi connectivity index (χ2n) is 6.16. The highest BCUT2D eigenvalue weighted by atomic mass is 16.5. The highest BCUT2D eigenvalue weighted by Gasteiger charge is 2.38. The lowest BCUT2D eigenvalue weighted by atomic mass is 10.1. The van der Waals surface area contributed by atoms with Crippen LogP contribution in [-0.2, 0) is 4.74 Å². The zero-order valence-corrected chi connectivity index (χ0v) is 13.2. The molecule has 2 heterocycles. The van der Waals surface area contributed by atoms with Crippen LogP contribution in [0.2, 0.25) is 0 Å². The van der Waals surface area contributed by atoms with Crippen molar-refractivity contribution in [2.45, 2.75) is 31.4 Å². The van der Waals surface area contributed by atoms with Crippen LogP contribution in [0.15, 0.2) is 30.3 Å². The van der Waals surface area contributed by atoms with Crippen LogP contribution < -0.4 is 4.74 Å². The van der Waals surface area contributed by atoms with E-state index in [-0.39, 0.29) is 18.1 Å². The average molecular weight is 312 g/mol. The van der Waals surface area contributed by atoms with Crippen LogP contribution in [0.5, 0.6) is 5.75 Å². The van der Waals surface area contributed by atoms with E-state index in [0.29, 0.717) is 18.8 Å². The summed E-state index contributed by atoms with van der Waals surface area (Å²) < 4.78 is 11.0. The fourth-order valence-corrected chi connectivity index (χ4v) is 3.67. The Balaban J connectivity index is 1.64. The molecule has 5 heteroatoms. The molecule has 2 aromatic rings. The molecule has 1 aromatic heterocycles. The molecule has 0 spiro atoms. The maximum Gasteiger partial charge on any atom is 0.272 e. The van der Waals surface area contributed by atoms with Gasteiger partial charge < -0.3 is 14.4 Å². The van der Waals surface area contributed by atoms with Crippen LogP contribution in [0.25, 0.3) is 10.9 Å². The smallest absolute Gasteiger partial charge is 0.272 e. The number of fused-ring (bicyclic) bond motifs is 2. The number of methoxy groups -OCH3 is 1. The first-order chi connectivity index (χ1) is 11.3. The molecule has 0 bridgehead atoms. The van der Waals surface area contributed by atoms with E-state index in [1.54, 1.807) is 7.11 Å². The van der Waals surface area contributed by atoms with Gasteiger partial charge in [-0.15, -0.1) is 0 Å². The van der Waals surface area contributed by atoms with E-state index >= 15 is 0 Å². The predicted octanol–water partition coefficient (Wildman–Crippen LogP) is 2.64. The van der Waals surface area contributed by atoms with Gasteiger partial charge in [0.15, 0.2) is 0 Å². The minimum atomic E-state index is 0.0166. The summed E-state index contributed by atoms with van der Waals surface area (Å²) in [6, 6.07) is 9.64. The Labute approximate surface area is 135 Å². The summed E-state index contributed by atoms with van der Waals surface area (Å²) in [4.78, 5) is 19.4. The maximum absolute atomic E-state index is 12.9. The van der Waals surface area contributed by atoms with Crippen LogP contribution in [-0.4, -0.2) is 48.2 Å². The van der Waals surface area contributed by atoms with Gasteiger partial charge in [0, 0.05) is 11.9 Å². The molecule has 1 saturated carbocycles. The number of pyridine rings is 1. The minimum absolute atomic E-state index is 0.0166. The minimum Gasteiger partial charge on any atom is -0.497 e. The van der Waals surface area contributed by atoms with Crippen molar-refractivity contribution in [3.05, 3.63) is 36.0 Å². The molecular formula is C18H20N2O3. The van der Waals surface area contributed by atoms with Gasteiger partial charge >= 0.3 is 0 Å². The first-order valence-electron chi connectivity index (χ1n) is 8.13. The number of hydrogen-bond acceptors (Lipinski definition) is 4. The average Bonchev–Trinajstić information content (AvgIpc) is 3.08. The second-order valence-corrected chi connectivity index (χ2v) is 6.16. The van der Waals surface area contributed by atoms with Crippen molar-refractivity contribution in [1.29, 1.82) is 0 Å². The number of carbonyl (C=O) groups excluding carboxylic acids is 1. The van der Waals surface area contributed by atoms with Gasteiger partial charge in [0.05, 0.1) is 31.4 Å². The third-order valence-electron chi connectivity index (χ3n) is 4.86. The fraction of sp³-hybridized carbons (Fsp3) is 0.444. The lowest BCUT2D eigenvalue weighted by Crippen LogP contribution is -2.51. The predicted molar refractivity (Wildman–Crippen MR) is 86.7 cm³/mol. The van der Waals surface area contributed by atoms with E-state index in [9.17, 15) is 4.79 Å². The highest BCUT2D eigenvalue weighted by molar-refractivity contribution is 5.95. The van der Waals surface area contributed by atoms with Gasteiger partial charge in [0.2, 0.25) is 0 Å². The summed E-state index contributed by atoms with van der Waals surface area (Å²) in [7, 11) is 1.64. The first kappa shape index (κ1) is 14.5. The van der Waals surface area contributed by atoms with Gasteiger partial charge in [0.1, 0.15) is 11.4 Å². The van der Waals surface area contributed by atoms with Crippen LogP contribution in [0, 0.1) is 0 Å². The molecule has 0 unspecified atom stereocenters. The molecule has 1 aliphatic heterocycles. The number of amides is 1. The summed E-state index contributed by atoms with van der Waals surface area (Å²) in [6.45, 7) is 1.28. The van der Waals surface area contributed by atoms with Crippen LogP contribution >= 0.6 is 0 Å². The molecule has 1 aliphatic carbocycles. The quantitative estimate of drug-likeness (QED) is 0.855. The van der Waals surface area contributed by atoms with E-state index < -0.39 is 0 Å². The van der Waals surface area contributed by atoms with Crippen molar-refractivity contribution in [2.24, 2.45) is 0 Å². The van der Waals surface area contributed by atoms with E-state index in [2.05, 4.69) is 4.98 Å². The van der Waals surface area contributed by atoms with Gasteiger partial charge in [-0.2, -0.15) is 0 Å². The van der Waals surface area contributed by atoms with Crippen molar-refractivity contribution in [3.8, 4) is 5.75 Å². The van der Waals surface area contributed by atoms with E-state index in [0.717, 1.165) is 35.9 Å². The van der Waals surface area contributed by atoms with Crippen molar-refractivity contribution in [3.63, 3.8) is 0 Å². The Hall–Kier alpha value is -2.14. The number of benzene rings is 1. The Morgan fingerprint density at radius 3 is 3.09 bits per heavy atom. The van der Waals surface area contributed by atoms with Crippen LogP contribution in [0.4, 0.5) is 0 Å². The van der Waals surface area contributed by atoms with E-state index in [4.69, 9.17) is 9.47 Å². The Bertz CT molecular complexity index is 746. The topological polar surface area (TPSA) is 51.7 Å². The third kappa shape index (κ3) is 2.55. The highest BCUT2D eigenvalue weighted by Crippen LogP contribution is 2.30. The molecule has 1 amide bonds. The third-order valence-corrected chi connectivity index (χ3v) is 4.86.